The van der Waals surface area contributed by atoms with Gasteiger partial charge in [0.15, 0.2) is 5.78 Å². The number of ketones is 1. The first-order chi connectivity index (χ1) is 7.33. The highest BCUT2D eigenvalue weighted by atomic mass is 16.1. The SMILES string of the molecule is C=CC1CCC=C1C(=O)C1CCCCC1. The largest absolute Gasteiger partial charge is 0.294 e. The van der Waals surface area contributed by atoms with Gasteiger partial charge in [0.25, 0.3) is 0 Å². The van der Waals surface area contributed by atoms with Crippen molar-refractivity contribution < 1.29 is 4.79 Å². The van der Waals surface area contributed by atoms with E-state index in [-0.39, 0.29) is 0 Å². The van der Waals surface area contributed by atoms with E-state index in [9.17, 15) is 4.79 Å². The highest BCUT2D eigenvalue weighted by molar-refractivity contribution is 5.98. The molecule has 1 heteroatoms. The average Bonchev–Trinajstić information content (AvgIpc) is 2.77. The van der Waals surface area contributed by atoms with Gasteiger partial charge in [0.2, 0.25) is 0 Å². The zero-order valence-electron chi connectivity index (χ0n) is 9.37. The second kappa shape index (κ2) is 4.78. The monoisotopic (exact) mass is 204 g/mol. The molecular formula is C14H20O. The van der Waals surface area contributed by atoms with Crippen LogP contribution in [-0.2, 0) is 4.79 Å². The van der Waals surface area contributed by atoms with Gasteiger partial charge in [-0.25, -0.2) is 0 Å². The van der Waals surface area contributed by atoms with Crippen LogP contribution in [0.25, 0.3) is 0 Å². The predicted octanol–water partition coefficient (Wildman–Crippen LogP) is 3.66. The van der Waals surface area contributed by atoms with Crippen LogP contribution in [0.15, 0.2) is 24.3 Å². The molecule has 0 heterocycles. The summed E-state index contributed by atoms with van der Waals surface area (Å²) in [7, 11) is 0. The Morgan fingerprint density at radius 3 is 2.67 bits per heavy atom. The molecule has 0 aromatic rings. The smallest absolute Gasteiger partial charge is 0.162 e. The van der Waals surface area contributed by atoms with E-state index in [4.69, 9.17) is 0 Å². The Bertz CT molecular complexity index is 282. The molecule has 1 saturated carbocycles. The predicted molar refractivity (Wildman–Crippen MR) is 62.6 cm³/mol. The van der Waals surface area contributed by atoms with E-state index in [1.54, 1.807) is 0 Å². The number of hydrogen-bond acceptors (Lipinski definition) is 1. The van der Waals surface area contributed by atoms with Crippen LogP contribution in [0.4, 0.5) is 0 Å². The zero-order chi connectivity index (χ0) is 10.7. The van der Waals surface area contributed by atoms with Gasteiger partial charge in [0.1, 0.15) is 0 Å². The maximum atomic E-state index is 12.3. The van der Waals surface area contributed by atoms with Crippen LogP contribution in [0, 0.1) is 11.8 Å². The van der Waals surface area contributed by atoms with Crippen LogP contribution < -0.4 is 0 Å². The number of hydrogen-bond donors (Lipinski definition) is 0. The molecule has 1 nitrogen and oxygen atoms in total. The molecular weight excluding hydrogens is 184 g/mol. The van der Waals surface area contributed by atoms with Crippen molar-refractivity contribution in [1.29, 1.82) is 0 Å². The van der Waals surface area contributed by atoms with Gasteiger partial charge in [-0.2, -0.15) is 0 Å². The van der Waals surface area contributed by atoms with E-state index >= 15 is 0 Å². The molecule has 0 bridgehead atoms. The maximum absolute atomic E-state index is 12.3. The van der Waals surface area contributed by atoms with Gasteiger partial charge >= 0.3 is 0 Å². The molecule has 1 unspecified atom stereocenters. The Morgan fingerprint density at radius 1 is 1.27 bits per heavy atom. The second-order valence-electron chi connectivity index (χ2n) is 4.78. The lowest BCUT2D eigenvalue weighted by Gasteiger charge is -2.22. The van der Waals surface area contributed by atoms with Crippen molar-refractivity contribution in [3.05, 3.63) is 24.3 Å². The standard InChI is InChI=1S/C14H20O/c1-2-11-9-6-10-13(11)14(15)12-7-4-3-5-8-12/h2,10-12H,1,3-9H2. The summed E-state index contributed by atoms with van der Waals surface area (Å²) in [5.74, 6) is 1.10. The molecule has 0 N–H and O–H groups in total. The van der Waals surface area contributed by atoms with E-state index in [2.05, 4.69) is 12.7 Å². The normalized spacial score (nSPS) is 27.5. The zero-order valence-corrected chi connectivity index (χ0v) is 9.37. The minimum Gasteiger partial charge on any atom is -0.294 e. The number of carbonyl (C=O) groups excluding carboxylic acids is 1. The van der Waals surface area contributed by atoms with Crippen molar-refractivity contribution in [3.8, 4) is 0 Å². The summed E-state index contributed by atoms with van der Waals surface area (Å²) in [5, 5.41) is 0. The van der Waals surface area contributed by atoms with Crippen LogP contribution >= 0.6 is 0 Å². The van der Waals surface area contributed by atoms with Gasteiger partial charge in [0.05, 0.1) is 0 Å². The Balaban J connectivity index is 2.03. The molecule has 0 radical (unpaired) electrons. The number of rotatable bonds is 3. The van der Waals surface area contributed by atoms with Crippen molar-refractivity contribution in [3.63, 3.8) is 0 Å². The summed E-state index contributed by atoms with van der Waals surface area (Å²) < 4.78 is 0. The highest BCUT2D eigenvalue weighted by Gasteiger charge is 2.28. The van der Waals surface area contributed by atoms with Gasteiger partial charge < -0.3 is 0 Å². The van der Waals surface area contributed by atoms with Gasteiger partial charge in [-0.15, -0.1) is 6.58 Å². The van der Waals surface area contributed by atoms with Crippen molar-refractivity contribution in [1.82, 2.24) is 0 Å². The van der Waals surface area contributed by atoms with Gasteiger partial charge in [-0.1, -0.05) is 31.4 Å². The summed E-state index contributed by atoms with van der Waals surface area (Å²) in [5.41, 5.74) is 1.07. The number of Topliss-reactive ketones (excluding diaryl/α,β-unsaturated/α-hetero) is 1. The van der Waals surface area contributed by atoms with E-state index in [1.165, 1.54) is 19.3 Å². The van der Waals surface area contributed by atoms with Crippen LogP contribution in [0.5, 0.6) is 0 Å². The van der Waals surface area contributed by atoms with Crippen LogP contribution in [-0.4, -0.2) is 5.78 Å². The highest BCUT2D eigenvalue weighted by Crippen LogP contribution is 2.33. The van der Waals surface area contributed by atoms with E-state index in [0.29, 0.717) is 17.6 Å². The molecule has 2 aliphatic carbocycles. The second-order valence-corrected chi connectivity index (χ2v) is 4.78. The third-order valence-corrected chi connectivity index (χ3v) is 3.79. The van der Waals surface area contributed by atoms with Crippen molar-refractivity contribution in [2.45, 2.75) is 44.9 Å². The van der Waals surface area contributed by atoms with E-state index < -0.39 is 0 Å². The van der Waals surface area contributed by atoms with Gasteiger partial charge in [-0.05, 0) is 31.3 Å². The quantitative estimate of drug-likeness (QED) is 0.641. The molecule has 0 aromatic carbocycles. The summed E-state index contributed by atoms with van der Waals surface area (Å²) in [6.07, 6.45) is 12.3. The molecule has 0 saturated heterocycles. The minimum absolute atomic E-state index is 0.325. The van der Waals surface area contributed by atoms with Gasteiger partial charge in [0, 0.05) is 11.8 Å². The summed E-state index contributed by atoms with van der Waals surface area (Å²) in [6.45, 7) is 3.83. The summed E-state index contributed by atoms with van der Waals surface area (Å²) in [6, 6.07) is 0. The van der Waals surface area contributed by atoms with E-state index in [1.807, 2.05) is 6.08 Å². The fourth-order valence-electron chi connectivity index (χ4n) is 2.85. The Morgan fingerprint density at radius 2 is 2.00 bits per heavy atom. The lowest BCUT2D eigenvalue weighted by atomic mass is 9.81. The average molecular weight is 204 g/mol. The number of carbonyl (C=O) groups is 1. The summed E-state index contributed by atoms with van der Waals surface area (Å²) >= 11 is 0. The number of allylic oxidation sites excluding steroid dienone is 3. The first-order valence-electron chi connectivity index (χ1n) is 6.19. The maximum Gasteiger partial charge on any atom is 0.162 e. The van der Waals surface area contributed by atoms with Crippen molar-refractivity contribution in [2.24, 2.45) is 11.8 Å². The fraction of sp³-hybridized carbons (Fsp3) is 0.643. The minimum atomic E-state index is 0.325. The third-order valence-electron chi connectivity index (χ3n) is 3.79. The molecule has 0 amide bonds. The fourth-order valence-corrected chi connectivity index (χ4v) is 2.85. The topological polar surface area (TPSA) is 17.1 Å². The van der Waals surface area contributed by atoms with Gasteiger partial charge in [-0.3, -0.25) is 4.79 Å². The van der Waals surface area contributed by atoms with Crippen LogP contribution in [0.2, 0.25) is 0 Å². The Kier molecular flexibility index (Phi) is 3.40. The van der Waals surface area contributed by atoms with Crippen LogP contribution in [0.3, 0.4) is 0 Å². The van der Waals surface area contributed by atoms with Crippen molar-refractivity contribution in [2.75, 3.05) is 0 Å². The molecule has 1 fully saturated rings. The lowest BCUT2D eigenvalue weighted by Crippen LogP contribution is -2.21. The van der Waals surface area contributed by atoms with Crippen LogP contribution in [0.1, 0.15) is 44.9 Å². The Labute approximate surface area is 92.3 Å². The molecule has 0 spiro atoms. The first kappa shape index (κ1) is 10.7. The molecule has 2 aliphatic rings. The molecule has 1 atom stereocenters. The van der Waals surface area contributed by atoms with Crippen molar-refractivity contribution >= 4 is 5.78 Å². The molecule has 0 aromatic heterocycles. The molecule has 0 aliphatic heterocycles. The lowest BCUT2D eigenvalue weighted by molar-refractivity contribution is -0.120. The molecule has 15 heavy (non-hydrogen) atoms. The van der Waals surface area contributed by atoms with E-state index in [0.717, 1.165) is 31.3 Å². The third kappa shape index (κ3) is 2.22. The Hall–Kier alpha value is -0.850. The first-order valence-corrected chi connectivity index (χ1v) is 6.19. The molecule has 82 valence electrons. The molecule has 2 rings (SSSR count). The summed E-state index contributed by atoms with van der Waals surface area (Å²) in [4.78, 5) is 12.3.